The molecule has 0 saturated carbocycles. The first-order valence-electron chi connectivity index (χ1n) is 4.65. The molecule has 1 aromatic rings. The fourth-order valence-electron chi connectivity index (χ4n) is 1.17. The van der Waals surface area contributed by atoms with Crippen LogP contribution in [0.2, 0.25) is 0 Å². The summed E-state index contributed by atoms with van der Waals surface area (Å²) in [7, 11) is 0. The van der Waals surface area contributed by atoms with E-state index in [1.165, 1.54) is 5.56 Å². The van der Waals surface area contributed by atoms with Gasteiger partial charge in [0.25, 0.3) is 0 Å². The van der Waals surface area contributed by atoms with Gasteiger partial charge in [0.15, 0.2) is 0 Å². The lowest BCUT2D eigenvalue weighted by molar-refractivity contribution is 0.469. The van der Waals surface area contributed by atoms with Crippen molar-refractivity contribution in [2.24, 2.45) is 5.73 Å². The number of hydrogen-bond acceptors (Lipinski definition) is 2. The summed E-state index contributed by atoms with van der Waals surface area (Å²) in [6.07, 6.45) is 1.87. The van der Waals surface area contributed by atoms with Gasteiger partial charge in [0.1, 0.15) is 5.75 Å². The monoisotopic (exact) mass is 257 g/mol. The number of phenols is 1. The van der Waals surface area contributed by atoms with Crippen LogP contribution in [0.1, 0.15) is 25.8 Å². The first-order valence-corrected chi connectivity index (χ1v) is 5.44. The van der Waals surface area contributed by atoms with E-state index in [4.69, 9.17) is 5.73 Å². The average molecular weight is 258 g/mol. The highest BCUT2D eigenvalue weighted by Crippen LogP contribution is 2.25. The third kappa shape index (κ3) is 3.68. The molecule has 0 unspecified atom stereocenters. The van der Waals surface area contributed by atoms with Crippen LogP contribution in [0.3, 0.4) is 0 Å². The molecular formula is C11H16BrNO. The Balaban J connectivity index is 2.65. The second-order valence-corrected chi connectivity index (χ2v) is 5.13. The molecule has 0 fully saturated rings. The molecule has 0 bridgehead atoms. The zero-order valence-electron chi connectivity index (χ0n) is 8.55. The molecule has 14 heavy (non-hydrogen) atoms. The van der Waals surface area contributed by atoms with Crippen molar-refractivity contribution in [2.45, 2.75) is 32.2 Å². The van der Waals surface area contributed by atoms with Crippen LogP contribution >= 0.6 is 15.9 Å². The standard InChI is InChI=1S/C11H16BrNO/c1-11(2,13)6-5-8-3-4-10(14)9(12)7-8/h3-4,7,14H,5-6,13H2,1-2H3. The van der Waals surface area contributed by atoms with Gasteiger partial charge in [0, 0.05) is 5.54 Å². The molecule has 3 heteroatoms. The quantitative estimate of drug-likeness (QED) is 0.875. The van der Waals surface area contributed by atoms with E-state index in [1.807, 2.05) is 26.0 Å². The van der Waals surface area contributed by atoms with Gasteiger partial charge in [-0.2, -0.15) is 0 Å². The van der Waals surface area contributed by atoms with Crippen molar-refractivity contribution in [2.75, 3.05) is 0 Å². The van der Waals surface area contributed by atoms with Crippen LogP contribution in [0.4, 0.5) is 0 Å². The van der Waals surface area contributed by atoms with E-state index >= 15 is 0 Å². The van der Waals surface area contributed by atoms with Gasteiger partial charge in [-0.15, -0.1) is 0 Å². The molecule has 2 nitrogen and oxygen atoms in total. The molecule has 0 heterocycles. The summed E-state index contributed by atoms with van der Waals surface area (Å²) in [6, 6.07) is 5.55. The Kier molecular flexibility index (Phi) is 3.56. The minimum atomic E-state index is -0.135. The molecule has 0 aliphatic carbocycles. The Morgan fingerprint density at radius 2 is 2.07 bits per heavy atom. The zero-order valence-corrected chi connectivity index (χ0v) is 10.1. The molecule has 3 N–H and O–H groups in total. The summed E-state index contributed by atoms with van der Waals surface area (Å²) >= 11 is 3.29. The summed E-state index contributed by atoms with van der Waals surface area (Å²) in [5.74, 6) is 0.278. The van der Waals surface area contributed by atoms with E-state index in [0.717, 1.165) is 17.3 Å². The van der Waals surface area contributed by atoms with Crippen molar-refractivity contribution >= 4 is 15.9 Å². The molecule has 1 rings (SSSR count). The first-order chi connectivity index (χ1) is 6.38. The molecule has 0 aliphatic heterocycles. The largest absolute Gasteiger partial charge is 0.507 e. The lowest BCUT2D eigenvalue weighted by atomic mass is 9.97. The number of rotatable bonds is 3. The maximum Gasteiger partial charge on any atom is 0.129 e. The summed E-state index contributed by atoms with van der Waals surface area (Å²) in [4.78, 5) is 0. The highest BCUT2D eigenvalue weighted by Gasteiger charge is 2.10. The van der Waals surface area contributed by atoms with Gasteiger partial charge < -0.3 is 10.8 Å². The Morgan fingerprint density at radius 3 is 2.57 bits per heavy atom. The van der Waals surface area contributed by atoms with Crippen LogP contribution in [0, 0.1) is 0 Å². The third-order valence-corrected chi connectivity index (χ3v) is 2.71. The van der Waals surface area contributed by atoms with Crippen LogP contribution in [-0.4, -0.2) is 10.6 Å². The Morgan fingerprint density at radius 1 is 1.43 bits per heavy atom. The first kappa shape index (κ1) is 11.5. The van der Waals surface area contributed by atoms with Crippen molar-refractivity contribution < 1.29 is 5.11 Å². The van der Waals surface area contributed by atoms with E-state index in [9.17, 15) is 5.11 Å². The molecular weight excluding hydrogens is 242 g/mol. The topological polar surface area (TPSA) is 46.2 Å². The maximum absolute atomic E-state index is 9.30. The van der Waals surface area contributed by atoms with E-state index in [0.29, 0.717) is 0 Å². The number of phenolic OH excluding ortho intramolecular Hbond substituents is 1. The number of nitrogens with two attached hydrogens (primary N) is 1. The Bertz CT molecular complexity index is 318. The normalized spacial score (nSPS) is 11.7. The number of aromatic hydroxyl groups is 1. The number of benzene rings is 1. The lowest BCUT2D eigenvalue weighted by Gasteiger charge is -2.18. The molecule has 0 saturated heterocycles. The minimum Gasteiger partial charge on any atom is -0.507 e. The summed E-state index contributed by atoms with van der Waals surface area (Å²) in [6.45, 7) is 4.03. The Labute approximate surface area is 93.3 Å². The fraction of sp³-hybridized carbons (Fsp3) is 0.455. The molecule has 0 spiro atoms. The molecule has 1 aromatic carbocycles. The number of aryl methyl sites for hydroxylation is 1. The van der Waals surface area contributed by atoms with Crippen LogP contribution in [0.15, 0.2) is 22.7 Å². The summed E-state index contributed by atoms with van der Waals surface area (Å²) < 4.78 is 0.741. The van der Waals surface area contributed by atoms with Crippen molar-refractivity contribution in [3.05, 3.63) is 28.2 Å². The van der Waals surface area contributed by atoms with Gasteiger partial charge >= 0.3 is 0 Å². The van der Waals surface area contributed by atoms with E-state index in [2.05, 4.69) is 15.9 Å². The van der Waals surface area contributed by atoms with Crippen molar-refractivity contribution in [3.8, 4) is 5.75 Å². The molecule has 0 amide bonds. The highest BCUT2D eigenvalue weighted by molar-refractivity contribution is 9.10. The van der Waals surface area contributed by atoms with Crippen molar-refractivity contribution in [1.29, 1.82) is 0 Å². The third-order valence-electron chi connectivity index (χ3n) is 2.07. The summed E-state index contributed by atoms with van der Waals surface area (Å²) in [5, 5.41) is 9.30. The van der Waals surface area contributed by atoms with Crippen LogP contribution < -0.4 is 5.73 Å². The van der Waals surface area contributed by atoms with Crippen LogP contribution in [-0.2, 0) is 6.42 Å². The fourth-order valence-corrected chi connectivity index (χ4v) is 1.60. The molecule has 0 aliphatic rings. The maximum atomic E-state index is 9.30. The van der Waals surface area contributed by atoms with Gasteiger partial charge in [-0.3, -0.25) is 0 Å². The zero-order chi connectivity index (χ0) is 10.8. The molecule has 0 aromatic heterocycles. The van der Waals surface area contributed by atoms with Crippen LogP contribution in [0.5, 0.6) is 5.75 Å². The predicted molar refractivity (Wildman–Crippen MR) is 62.4 cm³/mol. The highest BCUT2D eigenvalue weighted by atomic mass is 79.9. The lowest BCUT2D eigenvalue weighted by Crippen LogP contribution is -2.32. The second kappa shape index (κ2) is 4.32. The van der Waals surface area contributed by atoms with Crippen molar-refractivity contribution in [3.63, 3.8) is 0 Å². The Hall–Kier alpha value is -0.540. The van der Waals surface area contributed by atoms with Crippen LogP contribution in [0.25, 0.3) is 0 Å². The van der Waals surface area contributed by atoms with Gasteiger partial charge in [-0.25, -0.2) is 0 Å². The minimum absolute atomic E-state index is 0.135. The van der Waals surface area contributed by atoms with Gasteiger partial charge in [-0.05, 0) is 60.3 Å². The molecule has 0 radical (unpaired) electrons. The second-order valence-electron chi connectivity index (χ2n) is 4.27. The van der Waals surface area contributed by atoms with Gasteiger partial charge in [0.2, 0.25) is 0 Å². The average Bonchev–Trinajstić information content (AvgIpc) is 2.06. The SMILES string of the molecule is CC(C)(N)CCc1ccc(O)c(Br)c1. The predicted octanol–water partition coefficient (Wildman–Crippen LogP) is 2.82. The number of halogens is 1. The van der Waals surface area contributed by atoms with Gasteiger partial charge in [0.05, 0.1) is 4.47 Å². The smallest absolute Gasteiger partial charge is 0.129 e. The molecule has 78 valence electrons. The summed E-state index contributed by atoms with van der Waals surface area (Å²) in [5.41, 5.74) is 6.94. The van der Waals surface area contributed by atoms with E-state index in [1.54, 1.807) is 6.07 Å². The van der Waals surface area contributed by atoms with E-state index < -0.39 is 0 Å². The van der Waals surface area contributed by atoms with Crippen molar-refractivity contribution in [1.82, 2.24) is 0 Å². The van der Waals surface area contributed by atoms with Gasteiger partial charge in [-0.1, -0.05) is 6.07 Å². The number of hydrogen-bond donors (Lipinski definition) is 2. The van der Waals surface area contributed by atoms with E-state index in [-0.39, 0.29) is 11.3 Å². The molecule has 0 atom stereocenters.